The Morgan fingerprint density at radius 3 is 2.40 bits per heavy atom. The molecule has 6 nitrogen and oxygen atoms in total. The fourth-order valence-electron chi connectivity index (χ4n) is 1.46. The molecule has 0 bridgehead atoms. The van der Waals surface area contributed by atoms with Gasteiger partial charge in [0.25, 0.3) is 0 Å². The first-order valence-corrected chi connectivity index (χ1v) is 4.61. The topological polar surface area (TPSA) is 82.1 Å². The number of carbonyl (C=O) groups excluding carboxylic acids is 2. The first-order chi connectivity index (χ1) is 7.04. The normalized spacial score (nSPS) is 29.9. The van der Waals surface area contributed by atoms with Gasteiger partial charge >= 0.3 is 11.9 Å². The van der Waals surface area contributed by atoms with E-state index < -0.39 is 30.3 Å². The average molecular weight is 218 g/mol. The summed E-state index contributed by atoms with van der Waals surface area (Å²) in [5, 5.41) is 8.94. The third-order valence-corrected chi connectivity index (χ3v) is 2.01. The van der Waals surface area contributed by atoms with E-state index in [1.54, 1.807) is 0 Å². The summed E-state index contributed by atoms with van der Waals surface area (Å²) < 4.78 is 15.0. The summed E-state index contributed by atoms with van der Waals surface area (Å²) in [6, 6.07) is 0. The number of hydrogen-bond donors (Lipinski definition) is 1. The maximum atomic E-state index is 10.8. The van der Waals surface area contributed by atoms with E-state index >= 15 is 0 Å². The molecule has 1 fully saturated rings. The molecular weight excluding hydrogens is 204 g/mol. The molecule has 0 aromatic carbocycles. The van der Waals surface area contributed by atoms with Gasteiger partial charge in [-0.05, 0) is 0 Å². The summed E-state index contributed by atoms with van der Waals surface area (Å²) in [5.74, 6) is -0.972. The van der Waals surface area contributed by atoms with Crippen molar-refractivity contribution in [2.45, 2.75) is 32.2 Å². The van der Waals surface area contributed by atoms with E-state index in [1.165, 1.54) is 13.8 Å². The minimum atomic E-state index is -0.726. The second kappa shape index (κ2) is 5.09. The molecule has 1 saturated heterocycles. The van der Waals surface area contributed by atoms with Gasteiger partial charge < -0.3 is 19.3 Å². The molecule has 0 radical (unpaired) electrons. The number of rotatable bonds is 3. The lowest BCUT2D eigenvalue weighted by Crippen LogP contribution is -2.38. The van der Waals surface area contributed by atoms with Crippen molar-refractivity contribution in [3.63, 3.8) is 0 Å². The zero-order valence-electron chi connectivity index (χ0n) is 8.63. The third-order valence-electron chi connectivity index (χ3n) is 2.01. The molecule has 0 aromatic rings. The lowest BCUT2D eigenvalue weighted by atomic mass is 10.1. The lowest BCUT2D eigenvalue weighted by Gasteiger charge is -2.20. The van der Waals surface area contributed by atoms with Gasteiger partial charge in [0.05, 0.1) is 13.2 Å². The monoisotopic (exact) mass is 218 g/mol. The molecule has 1 heterocycles. The maximum absolute atomic E-state index is 10.8. The van der Waals surface area contributed by atoms with Crippen molar-refractivity contribution in [2.24, 2.45) is 0 Å². The Kier molecular flexibility index (Phi) is 4.05. The SMILES string of the molecule is CC(=O)OC1COC(CO)C1OC(C)=O. The summed E-state index contributed by atoms with van der Waals surface area (Å²) in [6.45, 7) is 2.35. The number of aliphatic hydroxyl groups is 1. The number of ether oxygens (including phenoxy) is 3. The van der Waals surface area contributed by atoms with E-state index in [4.69, 9.17) is 19.3 Å². The Morgan fingerprint density at radius 1 is 1.33 bits per heavy atom. The summed E-state index contributed by atoms with van der Waals surface area (Å²) in [7, 11) is 0. The van der Waals surface area contributed by atoms with Gasteiger partial charge in [-0.2, -0.15) is 0 Å². The molecule has 0 aliphatic carbocycles. The van der Waals surface area contributed by atoms with Crippen molar-refractivity contribution in [2.75, 3.05) is 13.2 Å². The maximum Gasteiger partial charge on any atom is 0.303 e. The van der Waals surface area contributed by atoms with Gasteiger partial charge in [0.2, 0.25) is 0 Å². The Bertz CT molecular complexity index is 251. The fourth-order valence-corrected chi connectivity index (χ4v) is 1.46. The molecule has 1 aliphatic rings. The smallest absolute Gasteiger partial charge is 0.303 e. The summed E-state index contributed by atoms with van der Waals surface area (Å²) >= 11 is 0. The Hall–Kier alpha value is -1.14. The molecule has 86 valence electrons. The van der Waals surface area contributed by atoms with Crippen molar-refractivity contribution in [1.29, 1.82) is 0 Å². The zero-order valence-corrected chi connectivity index (χ0v) is 8.63. The molecule has 0 amide bonds. The van der Waals surface area contributed by atoms with Crippen LogP contribution in [0.25, 0.3) is 0 Å². The van der Waals surface area contributed by atoms with E-state index in [9.17, 15) is 9.59 Å². The molecule has 15 heavy (non-hydrogen) atoms. The van der Waals surface area contributed by atoms with Crippen LogP contribution in [-0.4, -0.2) is 48.6 Å². The largest absolute Gasteiger partial charge is 0.456 e. The van der Waals surface area contributed by atoms with Gasteiger partial charge in [0, 0.05) is 13.8 Å². The van der Waals surface area contributed by atoms with Crippen LogP contribution in [0.4, 0.5) is 0 Å². The highest BCUT2D eigenvalue weighted by atomic mass is 16.6. The van der Waals surface area contributed by atoms with Gasteiger partial charge in [0.1, 0.15) is 6.10 Å². The van der Waals surface area contributed by atoms with E-state index in [0.717, 1.165) is 0 Å². The minimum absolute atomic E-state index is 0.128. The van der Waals surface area contributed by atoms with E-state index in [2.05, 4.69) is 0 Å². The van der Waals surface area contributed by atoms with Crippen LogP contribution in [-0.2, 0) is 23.8 Å². The first kappa shape index (κ1) is 11.9. The zero-order chi connectivity index (χ0) is 11.4. The second-order valence-electron chi connectivity index (χ2n) is 3.28. The molecule has 6 heteroatoms. The number of carbonyl (C=O) groups is 2. The molecule has 0 spiro atoms. The summed E-state index contributed by atoms with van der Waals surface area (Å²) in [6.07, 6.45) is -1.99. The van der Waals surface area contributed by atoms with Crippen LogP contribution in [0.1, 0.15) is 13.8 Å². The fraction of sp³-hybridized carbons (Fsp3) is 0.778. The van der Waals surface area contributed by atoms with Crippen LogP contribution >= 0.6 is 0 Å². The summed E-state index contributed by atoms with van der Waals surface area (Å²) in [5.41, 5.74) is 0. The third kappa shape index (κ3) is 3.17. The van der Waals surface area contributed by atoms with Crippen LogP contribution in [0.5, 0.6) is 0 Å². The van der Waals surface area contributed by atoms with Crippen molar-refractivity contribution in [3.05, 3.63) is 0 Å². The molecule has 1 N–H and O–H groups in total. The second-order valence-corrected chi connectivity index (χ2v) is 3.28. The Balaban J connectivity index is 2.62. The molecular formula is C9H14O6. The van der Waals surface area contributed by atoms with Crippen LogP contribution in [0, 0.1) is 0 Å². The average Bonchev–Trinajstić information content (AvgIpc) is 2.47. The van der Waals surface area contributed by atoms with E-state index in [1.807, 2.05) is 0 Å². The van der Waals surface area contributed by atoms with Crippen molar-refractivity contribution >= 4 is 11.9 Å². The standard InChI is InChI=1S/C9H14O6/c1-5(11)14-8-4-13-7(3-10)9(8)15-6(2)12/h7-10H,3-4H2,1-2H3. The van der Waals surface area contributed by atoms with Crippen LogP contribution < -0.4 is 0 Å². The first-order valence-electron chi connectivity index (χ1n) is 4.61. The van der Waals surface area contributed by atoms with Crippen molar-refractivity contribution in [3.8, 4) is 0 Å². The highest BCUT2D eigenvalue weighted by Gasteiger charge is 2.41. The highest BCUT2D eigenvalue weighted by molar-refractivity contribution is 5.67. The Morgan fingerprint density at radius 2 is 1.93 bits per heavy atom. The number of aliphatic hydroxyl groups excluding tert-OH is 1. The van der Waals surface area contributed by atoms with Gasteiger partial charge in [0.15, 0.2) is 12.2 Å². The quantitative estimate of drug-likeness (QED) is 0.627. The van der Waals surface area contributed by atoms with Gasteiger partial charge in [-0.15, -0.1) is 0 Å². The van der Waals surface area contributed by atoms with E-state index in [-0.39, 0.29) is 13.2 Å². The molecule has 3 unspecified atom stereocenters. The predicted octanol–water partition coefficient (Wildman–Crippen LogP) is -0.759. The van der Waals surface area contributed by atoms with Gasteiger partial charge in [-0.3, -0.25) is 9.59 Å². The minimum Gasteiger partial charge on any atom is -0.456 e. The van der Waals surface area contributed by atoms with Gasteiger partial charge in [-0.1, -0.05) is 0 Å². The molecule has 3 atom stereocenters. The molecule has 1 rings (SSSR count). The number of hydrogen-bond acceptors (Lipinski definition) is 6. The van der Waals surface area contributed by atoms with Crippen molar-refractivity contribution in [1.82, 2.24) is 0 Å². The predicted molar refractivity (Wildman–Crippen MR) is 47.9 cm³/mol. The molecule has 0 saturated carbocycles. The highest BCUT2D eigenvalue weighted by Crippen LogP contribution is 2.20. The van der Waals surface area contributed by atoms with Gasteiger partial charge in [-0.25, -0.2) is 0 Å². The number of esters is 2. The van der Waals surface area contributed by atoms with Crippen LogP contribution in [0.3, 0.4) is 0 Å². The Labute approximate surface area is 87.1 Å². The van der Waals surface area contributed by atoms with E-state index in [0.29, 0.717) is 0 Å². The van der Waals surface area contributed by atoms with Crippen molar-refractivity contribution < 1.29 is 28.9 Å². The lowest BCUT2D eigenvalue weighted by molar-refractivity contribution is -0.163. The summed E-state index contributed by atoms with van der Waals surface area (Å²) in [4.78, 5) is 21.5. The van der Waals surface area contributed by atoms with Crippen LogP contribution in [0.15, 0.2) is 0 Å². The molecule has 1 aliphatic heterocycles. The molecule has 0 aromatic heterocycles. The van der Waals surface area contributed by atoms with Crippen LogP contribution in [0.2, 0.25) is 0 Å².